The molecule has 0 saturated carbocycles. The van der Waals surface area contributed by atoms with Crippen molar-refractivity contribution in [2.45, 2.75) is 25.3 Å². The van der Waals surface area contributed by atoms with E-state index >= 15 is 0 Å². The van der Waals surface area contributed by atoms with Crippen LogP contribution in [-0.4, -0.2) is 36.2 Å². The number of ether oxygens (including phenoxy) is 1. The second-order valence-corrected chi connectivity index (χ2v) is 4.44. The SMILES string of the molecule is CN1CCCCC1COc1cccc(O)c1. The average molecular weight is 221 g/mol. The minimum absolute atomic E-state index is 0.259. The number of piperidine rings is 1. The molecule has 0 bridgehead atoms. The zero-order valence-corrected chi connectivity index (χ0v) is 9.72. The third-order valence-corrected chi connectivity index (χ3v) is 3.18. The summed E-state index contributed by atoms with van der Waals surface area (Å²) in [5.41, 5.74) is 0. The van der Waals surface area contributed by atoms with Crippen LogP contribution in [0.25, 0.3) is 0 Å². The molecular weight excluding hydrogens is 202 g/mol. The molecule has 1 aromatic rings. The molecule has 3 nitrogen and oxygen atoms in total. The summed E-state index contributed by atoms with van der Waals surface area (Å²) in [5, 5.41) is 9.31. The molecule has 1 N–H and O–H groups in total. The van der Waals surface area contributed by atoms with Gasteiger partial charge in [-0.3, -0.25) is 0 Å². The topological polar surface area (TPSA) is 32.7 Å². The maximum atomic E-state index is 9.31. The lowest BCUT2D eigenvalue weighted by molar-refractivity contribution is 0.125. The van der Waals surface area contributed by atoms with Crippen molar-refractivity contribution in [2.75, 3.05) is 20.2 Å². The second kappa shape index (κ2) is 5.21. The van der Waals surface area contributed by atoms with Crippen molar-refractivity contribution < 1.29 is 9.84 Å². The third-order valence-electron chi connectivity index (χ3n) is 3.18. The smallest absolute Gasteiger partial charge is 0.123 e. The van der Waals surface area contributed by atoms with E-state index in [4.69, 9.17) is 4.74 Å². The molecule has 1 unspecified atom stereocenters. The molecule has 0 spiro atoms. The van der Waals surface area contributed by atoms with Gasteiger partial charge in [-0.15, -0.1) is 0 Å². The second-order valence-electron chi connectivity index (χ2n) is 4.44. The fraction of sp³-hybridized carbons (Fsp3) is 0.538. The number of likely N-dealkylation sites (tertiary alicyclic amines) is 1. The van der Waals surface area contributed by atoms with Crippen molar-refractivity contribution in [1.82, 2.24) is 4.90 Å². The molecule has 88 valence electrons. The number of rotatable bonds is 3. The van der Waals surface area contributed by atoms with E-state index in [-0.39, 0.29) is 5.75 Å². The van der Waals surface area contributed by atoms with E-state index in [2.05, 4.69) is 11.9 Å². The Bertz CT molecular complexity index is 340. The van der Waals surface area contributed by atoms with Gasteiger partial charge in [-0.25, -0.2) is 0 Å². The van der Waals surface area contributed by atoms with Crippen LogP contribution in [0.2, 0.25) is 0 Å². The monoisotopic (exact) mass is 221 g/mol. The first-order valence-corrected chi connectivity index (χ1v) is 5.88. The predicted molar refractivity (Wildman–Crippen MR) is 63.9 cm³/mol. The first-order valence-electron chi connectivity index (χ1n) is 5.88. The van der Waals surface area contributed by atoms with Gasteiger partial charge in [0, 0.05) is 12.1 Å². The fourth-order valence-electron chi connectivity index (χ4n) is 2.12. The Morgan fingerprint density at radius 3 is 3.06 bits per heavy atom. The van der Waals surface area contributed by atoms with E-state index in [1.54, 1.807) is 18.2 Å². The van der Waals surface area contributed by atoms with Crippen molar-refractivity contribution in [3.05, 3.63) is 24.3 Å². The standard InChI is InChI=1S/C13H19NO2/c1-14-8-3-2-5-11(14)10-16-13-7-4-6-12(15)9-13/h4,6-7,9,11,15H,2-3,5,8,10H2,1H3. The Morgan fingerprint density at radius 1 is 1.44 bits per heavy atom. The van der Waals surface area contributed by atoms with Gasteiger partial charge in [-0.05, 0) is 38.6 Å². The van der Waals surface area contributed by atoms with Crippen LogP contribution in [0, 0.1) is 0 Å². The maximum absolute atomic E-state index is 9.31. The highest BCUT2D eigenvalue weighted by atomic mass is 16.5. The van der Waals surface area contributed by atoms with Gasteiger partial charge >= 0.3 is 0 Å². The zero-order chi connectivity index (χ0) is 11.4. The Kier molecular flexibility index (Phi) is 3.67. The zero-order valence-electron chi connectivity index (χ0n) is 9.72. The number of hydrogen-bond acceptors (Lipinski definition) is 3. The summed E-state index contributed by atoms with van der Waals surface area (Å²) < 4.78 is 5.70. The van der Waals surface area contributed by atoms with Crippen LogP contribution in [0.4, 0.5) is 0 Å². The number of benzene rings is 1. The summed E-state index contributed by atoms with van der Waals surface area (Å²) in [6, 6.07) is 7.50. The summed E-state index contributed by atoms with van der Waals surface area (Å²) in [6.07, 6.45) is 3.78. The van der Waals surface area contributed by atoms with E-state index < -0.39 is 0 Å². The van der Waals surface area contributed by atoms with Crippen LogP contribution in [0.15, 0.2) is 24.3 Å². The summed E-state index contributed by atoms with van der Waals surface area (Å²) in [5.74, 6) is 1.01. The fourth-order valence-corrected chi connectivity index (χ4v) is 2.12. The summed E-state index contributed by atoms with van der Waals surface area (Å²) in [4.78, 5) is 2.35. The molecule has 16 heavy (non-hydrogen) atoms. The lowest BCUT2D eigenvalue weighted by Crippen LogP contribution is -2.40. The van der Waals surface area contributed by atoms with E-state index in [0.717, 1.165) is 12.3 Å². The van der Waals surface area contributed by atoms with Crippen molar-refractivity contribution in [1.29, 1.82) is 0 Å². The highest BCUT2D eigenvalue weighted by Gasteiger charge is 2.19. The van der Waals surface area contributed by atoms with Crippen LogP contribution >= 0.6 is 0 Å². The highest BCUT2D eigenvalue weighted by molar-refractivity contribution is 5.31. The van der Waals surface area contributed by atoms with Gasteiger partial charge < -0.3 is 14.7 Å². The number of hydrogen-bond donors (Lipinski definition) is 1. The summed E-state index contributed by atoms with van der Waals surface area (Å²) in [6.45, 7) is 1.87. The van der Waals surface area contributed by atoms with Gasteiger partial charge in [0.15, 0.2) is 0 Å². The van der Waals surface area contributed by atoms with Crippen LogP contribution in [-0.2, 0) is 0 Å². The van der Waals surface area contributed by atoms with Crippen LogP contribution in [0.1, 0.15) is 19.3 Å². The highest BCUT2D eigenvalue weighted by Crippen LogP contribution is 2.20. The number of phenols is 1. The molecule has 1 heterocycles. The van der Waals surface area contributed by atoms with Gasteiger partial charge in [-0.1, -0.05) is 12.5 Å². The van der Waals surface area contributed by atoms with E-state index in [1.165, 1.54) is 19.3 Å². The molecule has 0 aromatic heterocycles. The Hall–Kier alpha value is -1.22. The van der Waals surface area contributed by atoms with Crippen molar-refractivity contribution in [3.63, 3.8) is 0 Å². The van der Waals surface area contributed by atoms with Crippen molar-refractivity contribution in [3.8, 4) is 11.5 Å². The van der Waals surface area contributed by atoms with Gasteiger partial charge in [0.05, 0.1) is 0 Å². The van der Waals surface area contributed by atoms with E-state index in [0.29, 0.717) is 12.6 Å². The molecule has 1 atom stereocenters. The van der Waals surface area contributed by atoms with Gasteiger partial charge in [0.2, 0.25) is 0 Å². The molecule has 0 radical (unpaired) electrons. The number of nitrogens with zero attached hydrogens (tertiary/aromatic N) is 1. The van der Waals surface area contributed by atoms with Crippen LogP contribution in [0.5, 0.6) is 11.5 Å². The minimum atomic E-state index is 0.259. The Morgan fingerprint density at radius 2 is 2.31 bits per heavy atom. The van der Waals surface area contributed by atoms with Gasteiger partial charge in [0.25, 0.3) is 0 Å². The lowest BCUT2D eigenvalue weighted by atomic mass is 10.0. The van der Waals surface area contributed by atoms with Gasteiger partial charge in [0.1, 0.15) is 18.1 Å². The molecule has 2 rings (SSSR count). The molecule has 3 heteroatoms. The first-order chi connectivity index (χ1) is 7.75. The number of aromatic hydroxyl groups is 1. The summed E-state index contributed by atoms with van der Waals surface area (Å²) in [7, 11) is 2.15. The molecule has 1 aromatic carbocycles. The largest absolute Gasteiger partial charge is 0.508 e. The molecule has 1 aliphatic rings. The number of likely N-dealkylation sites (N-methyl/N-ethyl adjacent to an activating group) is 1. The van der Waals surface area contributed by atoms with Gasteiger partial charge in [-0.2, -0.15) is 0 Å². The molecule has 1 saturated heterocycles. The molecule has 1 fully saturated rings. The first kappa shape index (κ1) is 11.3. The maximum Gasteiger partial charge on any atom is 0.123 e. The average Bonchev–Trinajstić information content (AvgIpc) is 2.28. The quantitative estimate of drug-likeness (QED) is 0.849. The normalized spacial score (nSPS) is 21.9. The van der Waals surface area contributed by atoms with E-state index in [1.807, 2.05) is 6.07 Å². The molecule has 0 aliphatic carbocycles. The van der Waals surface area contributed by atoms with Crippen LogP contribution in [0.3, 0.4) is 0 Å². The van der Waals surface area contributed by atoms with E-state index in [9.17, 15) is 5.11 Å². The Labute approximate surface area is 96.6 Å². The predicted octanol–water partition coefficient (Wildman–Crippen LogP) is 2.26. The third kappa shape index (κ3) is 2.89. The lowest BCUT2D eigenvalue weighted by Gasteiger charge is -2.32. The number of phenolic OH excluding ortho intramolecular Hbond substituents is 1. The van der Waals surface area contributed by atoms with Crippen molar-refractivity contribution >= 4 is 0 Å². The molecule has 1 aliphatic heterocycles. The molecular formula is C13H19NO2. The van der Waals surface area contributed by atoms with Crippen LogP contribution < -0.4 is 4.74 Å². The Balaban J connectivity index is 1.86. The minimum Gasteiger partial charge on any atom is -0.508 e. The van der Waals surface area contributed by atoms with Crippen molar-refractivity contribution in [2.24, 2.45) is 0 Å². The summed E-state index contributed by atoms with van der Waals surface area (Å²) >= 11 is 0. The molecule has 0 amide bonds.